The predicted octanol–water partition coefficient (Wildman–Crippen LogP) is 0.752. The second-order valence-corrected chi connectivity index (χ2v) is 3.89. The normalized spacial score (nSPS) is 14.2. The quantitative estimate of drug-likeness (QED) is 0.753. The molecule has 1 N–H and O–H groups in total. The minimum Gasteiger partial charge on any atom is -0.344 e. The number of rotatable bonds is 3. The van der Waals surface area contributed by atoms with Crippen molar-refractivity contribution < 1.29 is 4.79 Å². The summed E-state index contributed by atoms with van der Waals surface area (Å²) >= 11 is 0. The maximum absolute atomic E-state index is 11.5. The lowest BCUT2D eigenvalue weighted by atomic mass is 10.1. The second kappa shape index (κ2) is 4.82. The Hall–Kier alpha value is -1.79. The van der Waals surface area contributed by atoms with E-state index in [1.165, 1.54) is 11.1 Å². The van der Waals surface area contributed by atoms with Crippen molar-refractivity contribution in [1.29, 1.82) is 0 Å². The SMILES string of the molecule is C#CCNC(=O)CN1Cc2ccccc2C1. The van der Waals surface area contributed by atoms with Gasteiger partial charge >= 0.3 is 0 Å². The minimum atomic E-state index is -0.00856. The number of hydrogen-bond donors (Lipinski definition) is 1. The molecule has 0 fully saturated rings. The number of terminal acetylenes is 1. The Morgan fingerprint density at radius 3 is 2.56 bits per heavy atom. The average molecular weight is 214 g/mol. The highest BCUT2D eigenvalue weighted by atomic mass is 16.2. The first-order valence-electron chi connectivity index (χ1n) is 5.29. The van der Waals surface area contributed by atoms with Gasteiger partial charge in [-0.15, -0.1) is 6.42 Å². The van der Waals surface area contributed by atoms with Crippen molar-refractivity contribution in [3.63, 3.8) is 0 Å². The first-order valence-corrected chi connectivity index (χ1v) is 5.29. The van der Waals surface area contributed by atoms with Gasteiger partial charge in [-0.2, -0.15) is 0 Å². The van der Waals surface area contributed by atoms with E-state index in [4.69, 9.17) is 6.42 Å². The zero-order valence-corrected chi connectivity index (χ0v) is 9.07. The van der Waals surface area contributed by atoms with E-state index >= 15 is 0 Å². The Morgan fingerprint density at radius 2 is 2.00 bits per heavy atom. The molecule has 1 aliphatic heterocycles. The van der Waals surface area contributed by atoms with Crippen LogP contribution in [0, 0.1) is 12.3 Å². The molecule has 0 atom stereocenters. The molecule has 1 heterocycles. The molecule has 0 unspecified atom stereocenters. The van der Waals surface area contributed by atoms with E-state index in [1.807, 2.05) is 12.1 Å². The Bertz CT molecular complexity index is 409. The monoisotopic (exact) mass is 214 g/mol. The molecule has 1 aromatic carbocycles. The fourth-order valence-corrected chi connectivity index (χ4v) is 1.92. The summed E-state index contributed by atoms with van der Waals surface area (Å²) in [5, 5.41) is 2.67. The van der Waals surface area contributed by atoms with Gasteiger partial charge in [0.25, 0.3) is 0 Å². The maximum Gasteiger partial charge on any atom is 0.234 e. The number of carbonyl (C=O) groups is 1. The number of benzene rings is 1. The van der Waals surface area contributed by atoms with Gasteiger partial charge < -0.3 is 5.32 Å². The smallest absolute Gasteiger partial charge is 0.234 e. The molecule has 0 aliphatic carbocycles. The molecule has 1 amide bonds. The third-order valence-electron chi connectivity index (χ3n) is 2.66. The Kier molecular flexibility index (Phi) is 3.23. The van der Waals surface area contributed by atoms with Crippen molar-refractivity contribution in [1.82, 2.24) is 10.2 Å². The van der Waals surface area contributed by atoms with E-state index in [2.05, 4.69) is 28.3 Å². The van der Waals surface area contributed by atoms with Crippen molar-refractivity contribution in [2.45, 2.75) is 13.1 Å². The third-order valence-corrected chi connectivity index (χ3v) is 2.66. The average Bonchev–Trinajstić information content (AvgIpc) is 2.68. The largest absolute Gasteiger partial charge is 0.344 e. The molecule has 16 heavy (non-hydrogen) atoms. The zero-order valence-electron chi connectivity index (χ0n) is 9.07. The van der Waals surface area contributed by atoms with Crippen molar-refractivity contribution in [2.24, 2.45) is 0 Å². The molecule has 0 spiro atoms. The second-order valence-electron chi connectivity index (χ2n) is 3.89. The predicted molar refractivity (Wildman–Crippen MR) is 62.4 cm³/mol. The van der Waals surface area contributed by atoms with E-state index in [1.54, 1.807) is 0 Å². The van der Waals surface area contributed by atoms with Crippen molar-refractivity contribution in [2.75, 3.05) is 13.1 Å². The van der Waals surface area contributed by atoms with Crippen LogP contribution in [0.5, 0.6) is 0 Å². The Balaban J connectivity index is 1.88. The van der Waals surface area contributed by atoms with E-state index in [0.717, 1.165) is 13.1 Å². The molecule has 1 aliphatic rings. The lowest BCUT2D eigenvalue weighted by Gasteiger charge is -2.13. The van der Waals surface area contributed by atoms with Crippen molar-refractivity contribution in [3.8, 4) is 12.3 Å². The Labute approximate surface area is 95.5 Å². The van der Waals surface area contributed by atoms with Crippen molar-refractivity contribution in [3.05, 3.63) is 35.4 Å². The molecule has 3 heteroatoms. The van der Waals surface area contributed by atoms with Crippen LogP contribution in [0.2, 0.25) is 0 Å². The number of carbonyl (C=O) groups excluding carboxylic acids is 1. The van der Waals surface area contributed by atoms with Crippen LogP contribution < -0.4 is 5.32 Å². The molecule has 0 aromatic heterocycles. The zero-order chi connectivity index (χ0) is 11.4. The summed E-state index contributed by atoms with van der Waals surface area (Å²) in [6.45, 7) is 2.41. The summed E-state index contributed by atoms with van der Waals surface area (Å²) < 4.78 is 0. The summed E-state index contributed by atoms with van der Waals surface area (Å²) in [5.74, 6) is 2.38. The van der Waals surface area contributed by atoms with Gasteiger partial charge in [0.1, 0.15) is 0 Å². The molecule has 2 rings (SSSR count). The van der Waals surface area contributed by atoms with Gasteiger partial charge in [-0.3, -0.25) is 9.69 Å². The molecule has 3 nitrogen and oxygen atoms in total. The molecular formula is C13H14N2O. The van der Waals surface area contributed by atoms with Crippen LogP contribution in [0.1, 0.15) is 11.1 Å². The lowest BCUT2D eigenvalue weighted by Crippen LogP contribution is -2.34. The fourth-order valence-electron chi connectivity index (χ4n) is 1.92. The standard InChI is InChI=1S/C13H14N2O/c1-2-7-14-13(16)10-15-8-11-5-3-4-6-12(11)9-15/h1,3-6H,7-10H2,(H,14,16). The highest BCUT2D eigenvalue weighted by Crippen LogP contribution is 2.21. The molecule has 82 valence electrons. The number of hydrogen-bond acceptors (Lipinski definition) is 2. The first kappa shape index (κ1) is 10.7. The van der Waals surface area contributed by atoms with Gasteiger partial charge in [-0.05, 0) is 11.1 Å². The summed E-state index contributed by atoms with van der Waals surface area (Å²) in [6.07, 6.45) is 5.08. The van der Waals surface area contributed by atoms with Crippen LogP contribution in [-0.4, -0.2) is 23.9 Å². The van der Waals surface area contributed by atoms with Crippen LogP contribution in [0.25, 0.3) is 0 Å². The maximum atomic E-state index is 11.5. The number of nitrogens with one attached hydrogen (secondary N) is 1. The van der Waals surface area contributed by atoms with E-state index in [0.29, 0.717) is 13.1 Å². The molecular weight excluding hydrogens is 200 g/mol. The van der Waals surface area contributed by atoms with E-state index < -0.39 is 0 Å². The molecule has 0 radical (unpaired) electrons. The summed E-state index contributed by atoms with van der Waals surface area (Å²) in [7, 11) is 0. The van der Waals surface area contributed by atoms with Gasteiger partial charge in [-0.25, -0.2) is 0 Å². The first-order chi connectivity index (χ1) is 7.79. The molecule has 1 aromatic rings. The van der Waals surface area contributed by atoms with Crippen LogP contribution in [-0.2, 0) is 17.9 Å². The number of nitrogens with zero attached hydrogens (tertiary/aromatic N) is 1. The van der Waals surface area contributed by atoms with Gasteiger partial charge in [0.2, 0.25) is 5.91 Å². The fraction of sp³-hybridized carbons (Fsp3) is 0.308. The third kappa shape index (κ3) is 2.41. The van der Waals surface area contributed by atoms with Crippen LogP contribution in [0.3, 0.4) is 0 Å². The van der Waals surface area contributed by atoms with E-state index in [-0.39, 0.29) is 5.91 Å². The topological polar surface area (TPSA) is 32.3 Å². The summed E-state index contributed by atoms with van der Waals surface area (Å²) in [5.41, 5.74) is 2.62. The molecule has 0 saturated heterocycles. The van der Waals surface area contributed by atoms with Crippen molar-refractivity contribution >= 4 is 5.91 Å². The van der Waals surface area contributed by atoms with Crippen LogP contribution in [0.4, 0.5) is 0 Å². The van der Waals surface area contributed by atoms with Gasteiger partial charge in [0, 0.05) is 13.1 Å². The van der Waals surface area contributed by atoms with Crippen LogP contribution >= 0.6 is 0 Å². The molecule has 0 bridgehead atoms. The number of amides is 1. The lowest BCUT2D eigenvalue weighted by molar-refractivity contribution is -0.122. The van der Waals surface area contributed by atoms with Gasteiger partial charge in [0.15, 0.2) is 0 Å². The highest BCUT2D eigenvalue weighted by Gasteiger charge is 2.19. The van der Waals surface area contributed by atoms with E-state index in [9.17, 15) is 4.79 Å². The number of fused-ring (bicyclic) bond motifs is 1. The summed E-state index contributed by atoms with van der Waals surface area (Å²) in [6, 6.07) is 8.27. The summed E-state index contributed by atoms with van der Waals surface area (Å²) in [4.78, 5) is 13.6. The van der Waals surface area contributed by atoms with Crippen LogP contribution in [0.15, 0.2) is 24.3 Å². The van der Waals surface area contributed by atoms with Gasteiger partial charge in [-0.1, -0.05) is 30.2 Å². The molecule has 0 saturated carbocycles. The van der Waals surface area contributed by atoms with Gasteiger partial charge in [0.05, 0.1) is 13.1 Å². The Morgan fingerprint density at radius 1 is 1.38 bits per heavy atom. The minimum absolute atomic E-state index is 0.00856. The highest BCUT2D eigenvalue weighted by molar-refractivity contribution is 5.78.